The topological polar surface area (TPSA) is 26.0 Å². The van der Waals surface area contributed by atoms with Crippen molar-refractivity contribution < 1.29 is 8.78 Å². The second-order valence-corrected chi connectivity index (χ2v) is 3.50. The zero-order valence-corrected chi connectivity index (χ0v) is 7.13. The highest BCUT2D eigenvalue weighted by molar-refractivity contribution is 5.28. The largest absolute Gasteiger partial charge is 0.330 e. The van der Waals surface area contributed by atoms with Crippen LogP contribution in [0.2, 0.25) is 0 Å². The van der Waals surface area contributed by atoms with E-state index < -0.39 is 11.6 Å². The fraction of sp³-hybridized carbons (Fsp3) is 0.400. The van der Waals surface area contributed by atoms with Crippen LogP contribution in [0.15, 0.2) is 18.2 Å². The van der Waals surface area contributed by atoms with E-state index in [0.29, 0.717) is 18.0 Å². The van der Waals surface area contributed by atoms with Crippen LogP contribution >= 0.6 is 0 Å². The van der Waals surface area contributed by atoms with Gasteiger partial charge in [0.1, 0.15) is 11.6 Å². The summed E-state index contributed by atoms with van der Waals surface area (Å²) >= 11 is 0. The molecule has 1 fully saturated rings. The monoisotopic (exact) mass is 183 g/mol. The number of hydrogen-bond acceptors (Lipinski definition) is 1. The molecule has 1 aromatic rings. The van der Waals surface area contributed by atoms with Gasteiger partial charge in [0.2, 0.25) is 0 Å². The van der Waals surface area contributed by atoms with Gasteiger partial charge in [-0.15, -0.1) is 0 Å². The lowest BCUT2D eigenvalue weighted by molar-refractivity contribution is 0.570. The van der Waals surface area contributed by atoms with Crippen LogP contribution in [-0.2, 0) is 0 Å². The first-order valence-electron chi connectivity index (χ1n) is 4.37. The normalized spacial score (nSPS) is 26.1. The molecule has 1 saturated carbocycles. The van der Waals surface area contributed by atoms with Crippen LogP contribution < -0.4 is 5.73 Å². The molecule has 2 rings (SSSR count). The fourth-order valence-electron chi connectivity index (χ4n) is 1.69. The summed E-state index contributed by atoms with van der Waals surface area (Å²) in [6.45, 7) is 0.585. The summed E-state index contributed by atoms with van der Waals surface area (Å²) in [6, 6.07) is 3.75. The summed E-state index contributed by atoms with van der Waals surface area (Å²) in [4.78, 5) is 0. The molecule has 3 heteroatoms. The van der Waals surface area contributed by atoms with Crippen molar-refractivity contribution in [2.75, 3.05) is 6.54 Å². The predicted octanol–water partition coefficient (Wildman–Crippen LogP) is 2.03. The molecule has 1 aliphatic rings. The Morgan fingerprint density at radius 1 is 1.38 bits per heavy atom. The number of rotatable bonds is 2. The Morgan fingerprint density at radius 2 is 2.15 bits per heavy atom. The molecule has 0 bridgehead atoms. The van der Waals surface area contributed by atoms with Crippen molar-refractivity contribution in [2.24, 2.45) is 11.7 Å². The molecular formula is C10H11F2N. The molecule has 2 N–H and O–H groups in total. The van der Waals surface area contributed by atoms with E-state index in [1.54, 1.807) is 0 Å². The summed E-state index contributed by atoms with van der Waals surface area (Å²) in [5.74, 6) is -0.363. The summed E-state index contributed by atoms with van der Waals surface area (Å²) in [7, 11) is 0. The van der Waals surface area contributed by atoms with Crippen molar-refractivity contribution in [1.29, 1.82) is 0 Å². The smallest absolute Gasteiger partial charge is 0.129 e. The van der Waals surface area contributed by atoms with Crippen molar-refractivity contribution in [2.45, 2.75) is 12.3 Å². The highest BCUT2D eigenvalue weighted by Crippen LogP contribution is 2.47. The van der Waals surface area contributed by atoms with Crippen molar-refractivity contribution in [3.05, 3.63) is 35.4 Å². The molecule has 0 radical (unpaired) electrons. The summed E-state index contributed by atoms with van der Waals surface area (Å²) in [5.41, 5.74) is 6.05. The first kappa shape index (κ1) is 8.63. The van der Waals surface area contributed by atoms with Crippen molar-refractivity contribution >= 4 is 0 Å². The quantitative estimate of drug-likeness (QED) is 0.745. The second-order valence-electron chi connectivity index (χ2n) is 3.50. The van der Waals surface area contributed by atoms with Gasteiger partial charge in [0.05, 0.1) is 0 Å². The van der Waals surface area contributed by atoms with E-state index >= 15 is 0 Å². The Labute approximate surface area is 75.6 Å². The van der Waals surface area contributed by atoms with Gasteiger partial charge in [0, 0.05) is 6.07 Å². The van der Waals surface area contributed by atoms with Crippen molar-refractivity contribution in [1.82, 2.24) is 0 Å². The maximum absolute atomic E-state index is 13.2. The fourth-order valence-corrected chi connectivity index (χ4v) is 1.69. The minimum atomic E-state index is -0.522. The molecular weight excluding hydrogens is 172 g/mol. The highest BCUT2D eigenvalue weighted by Gasteiger charge is 2.38. The molecule has 1 nitrogen and oxygen atoms in total. The van der Waals surface area contributed by atoms with Gasteiger partial charge in [-0.25, -0.2) is 8.78 Å². The van der Waals surface area contributed by atoms with E-state index in [1.165, 1.54) is 12.1 Å². The lowest BCUT2D eigenvalue weighted by atomic mass is 10.1. The van der Waals surface area contributed by atoms with Crippen LogP contribution in [0.1, 0.15) is 17.9 Å². The third kappa shape index (κ3) is 1.56. The molecule has 0 amide bonds. The van der Waals surface area contributed by atoms with Gasteiger partial charge in [-0.3, -0.25) is 0 Å². The van der Waals surface area contributed by atoms with Crippen molar-refractivity contribution in [3.63, 3.8) is 0 Å². The van der Waals surface area contributed by atoms with E-state index in [1.807, 2.05) is 0 Å². The molecule has 70 valence electrons. The molecule has 0 aromatic heterocycles. The first-order valence-corrected chi connectivity index (χ1v) is 4.37. The molecule has 0 spiro atoms. The highest BCUT2D eigenvalue weighted by atomic mass is 19.1. The Balaban J connectivity index is 2.22. The van der Waals surface area contributed by atoms with E-state index in [-0.39, 0.29) is 5.92 Å². The third-order valence-electron chi connectivity index (χ3n) is 2.59. The molecule has 13 heavy (non-hydrogen) atoms. The average molecular weight is 183 g/mol. The number of nitrogens with two attached hydrogens (primary N) is 1. The van der Waals surface area contributed by atoms with E-state index in [9.17, 15) is 8.78 Å². The Kier molecular flexibility index (Phi) is 2.04. The molecule has 0 saturated heterocycles. The number of halogens is 2. The van der Waals surface area contributed by atoms with Gasteiger partial charge in [0.25, 0.3) is 0 Å². The minimum absolute atomic E-state index is 0.214. The lowest BCUT2D eigenvalue weighted by Gasteiger charge is -2.00. The summed E-state index contributed by atoms with van der Waals surface area (Å²) in [6.07, 6.45) is 0.930. The van der Waals surface area contributed by atoms with Crippen LogP contribution in [0.3, 0.4) is 0 Å². The molecule has 2 atom stereocenters. The van der Waals surface area contributed by atoms with Gasteiger partial charge in [0.15, 0.2) is 0 Å². The molecule has 0 heterocycles. The lowest BCUT2D eigenvalue weighted by Crippen LogP contribution is -2.02. The molecule has 0 aliphatic heterocycles. The van der Waals surface area contributed by atoms with E-state index in [2.05, 4.69) is 0 Å². The molecule has 1 aliphatic carbocycles. The molecule has 0 unspecified atom stereocenters. The summed E-state index contributed by atoms with van der Waals surface area (Å²) < 4.78 is 25.7. The Bertz CT molecular complexity index is 325. The minimum Gasteiger partial charge on any atom is -0.330 e. The summed E-state index contributed by atoms with van der Waals surface area (Å²) in [5, 5.41) is 0. The van der Waals surface area contributed by atoms with Gasteiger partial charge < -0.3 is 5.73 Å². The molecule has 1 aromatic carbocycles. The average Bonchev–Trinajstić information content (AvgIpc) is 2.83. The first-order chi connectivity index (χ1) is 6.22. The van der Waals surface area contributed by atoms with Crippen molar-refractivity contribution in [3.8, 4) is 0 Å². The van der Waals surface area contributed by atoms with Crippen LogP contribution in [0.5, 0.6) is 0 Å². The standard InChI is InChI=1S/C10H11F2N/c11-7-1-2-8(10(12)4-7)9-3-6(9)5-13/h1-2,4,6,9H,3,5,13H2/t6-,9-/m1/s1. The third-order valence-corrected chi connectivity index (χ3v) is 2.59. The van der Waals surface area contributed by atoms with Crippen LogP contribution in [-0.4, -0.2) is 6.54 Å². The zero-order valence-electron chi connectivity index (χ0n) is 7.13. The zero-order chi connectivity index (χ0) is 9.42. The number of hydrogen-bond donors (Lipinski definition) is 1. The Hall–Kier alpha value is -0.960. The van der Waals surface area contributed by atoms with Gasteiger partial charge >= 0.3 is 0 Å². The maximum atomic E-state index is 13.2. The SMILES string of the molecule is NC[C@H]1C[C@H]1c1ccc(F)cc1F. The van der Waals surface area contributed by atoms with E-state index in [4.69, 9.17) is 5.73 Å². The van der Waals surface area contributed by atoms with Gasteiger partial charge in [-0.1, -0.05) is 6.07 Å². The van der Waals surface area contributed by atoms with Crippen LogP contribution in [0.25, 0.3) is 0 Å². The predicted molar refractivity (Wildman–Crippen MR) is 46.3 cm³/mol. The van der Waals surface area contributed by atoms with Crippen LogP contribution in [0, 0.1) is 17.6 Å². The maximum Gasteiger partial charge on any atom is 0.129 e. The number of benzene rings is 1. The van der Waals surface area contributed by atoms with Crippen LogP contribution in [0.4, 0.5) is 8.78 Å². The second kappa shape index (κ2) is 3.07. The van der Waals surface area contributed by atoms with E-state index in [0.717, 1.165) is 12.5 Å². The Morgan fingerprint density at radius 3 is 2.69 bits per heavy atom. The van der Waals surface area contributed by atoms with Gasteiger partial charge in [-0.05, 0) is 36.4 Å². The van der Waals surface area contributed by atoms with Gasteiger partial charge in [-0.2, -0.15) is 0 Å².